The van der Waals surface area contributed by atoms with Crippen molar-refractivity contribution in [2.75, 3.05) is 19.8 Å². The Balaban J connectivity index is 1.74. The minimum atomic E-state index is -0.324. The fraction of sp³-hybridized carbons (Fsp3) is 0.625. The van der Waals surface area contributed by atoms with Gasteiger partial charge in [0.05, 0.1) is 30.3 Å². The molecule has 130 valence electrons. The molecule has 1 aliphatic rings. The third-order valence-corrected chi connectivity index (χ3v) is 4.96. The van der Waals surface area contributed by atoms with Crippen LogP contribution in [0, 0.1) is 0 Å². The number of thiazole rings is 1. The van der Waals surface area contributed by atoms with Crippen molar-refractivity contribution in [3.63, 3.8) is 0 Å². The van der Waals surface area contributed by atoms with E-state index in [1.807, 2.05) is 19.2 Å². The summed E-state index contributed by atoms with van der Waals surface area (Å²) in [7, 11) is 0. The Kier molecular flexibility index (Phi) is 5.25. The highest BCUT2D eigenvalue weighted by Crippen LogP contribution is 2.26. The highest BCUT2D eigenvalue weighted by molar-refractivity contribution is 7.09. The van der Waals surface area contributed by atoms with E-state index in [1.54, 1.807) is 16.2 Å². The first kappa shape index (κ1) is 17.0. The normalized spacial score (nSPS) is 18.3. The molecule has 2 aromatic rings. The lowest BCUT2D eigenvalue weighted by molar-refractivity contribution is -0.140. The van der Waals surface area contributed by atoms with Crippen LogP contribution in [0.15, 0.2) is 9.80 Å². The Morgan fingerprint density at radius 3 is 2.96 bits per heavy atom. The number of amides is 1. The summed E-state index contributed by atoms with van der Waals surface area (Å²) in [6.07, 6.45) is 1.18. The molecule has 0 aromatic carbocycles. The van der Waals surface area contributed by atoms with Crippen molar-refractivity contribution in [2.45, 2.75) is 45.6 Å². The van der Waals surface area contributed by atoms with Crippen LogP contribution in [0.2, 0.25) is 0 Å². The maximum absolute atomic E-state index is 12.7. The van der Waals surface area contributed by atoms with E-state index >= 15 is 0 Å². The number of morpholine rings is 1. The molecule has 0 bridgehead atoms. The van der Waals surface area contributed by atoms with E-state index < -0.39 is 0 Å². The fourth-order valence-electron chi connectivity index (χ4n) is 2.57. The van der Waals surface area contributed by atoms with Crippen LogP contribution in [-0.4, -0.2) is 45.7 Å². The number of aromatic nitrogens is 3. The summed E-state index contributed by atoms with van der Waals surface area (Å²) < 4.78 is 11.3. The quantitative estimate of drug-likeness (QED) is 0.823. The number of hydrogen-bond donors (Lipinski definition) is 0. The maximum Gasteiger partial charge on any atom is 0.241 e. The maximum atomic E-state index is 12.7. The largest absolute Gasteiger partial charge is 0.423 e. The van der Waals surface area contributed by atoms with Crippen molar-refractivity contribution >= 4 is 17.2 Å². The van der Waals surface area contributed by atoms with Crippen LogP contribution >= 0.6 is 11.3 Å². The predicted molar refractivity (Wildman–Crippen MR) is 88.9 cm³/mol. The molecule has 0 saturated carbocycles. The van der Waals surface area contributed by atoms with Crippen LogP contribution in [0.25, 0.3) is 0 Å². The zero-order valence-electron chi connectivity index (χ0n) is 14.2. The standard InChI is InChI=1S/C16H22N4O3S/c1-4-13-17-11(9-24-13)7-14(21)20-5-6-22-8-12(20)16-19-18-15(23-16)10(2)3/h9-10,12H,4-8H2,1-3H3. The lowest BCUT2D eigenvalue weighted by atomic mass is 10.2. The van der Waals surface area contributed by atoms with E-state index in [0.717, 1.165) is 17.1 Å². The lowest BCUT2D eigenvalue weighted by Gasteiger charge is -2.33. The topological polar surface area (TPSA) is 81.4 Å². The number of carbonyl (C=O) groups excluding carboxylic acids is 1. The highest BCUT2D eigenvalue weighted by atomic mass is 32.1. The Bertz CT molecular complexity index is 697. The summed E-state index contributed by atoms with van der Waals surface area (Å²) >= 11 is 1.59. The second-order valence-electron chi connectivity index (χ2n) is 6.07. The van der Waals surface area contributed by atoms with Crippen LogP contribution in [-0.2, 0) is 22.4 Å². The molecule has 3 rings (SSSR count). The molecule has 0 aliphatic carbocycles. The van der Waals surface area contributed by atoms with E-state index in [2.05, 4.69) is 22.1 Å². The van der Waals surface area contributed by atoms with E-state index in [-0.39, 0.29) is 24.3 Å². The molecule has 2 aromatic heterocycles. The first-order chi connectivity index (χ1) is 11.6. The summed E-state index contributed by atoms with van der Waals surface area (Å²) in [5.74, 6) is 1.19. The van der Waals surface area contributed by atoms with Gasteiger partial charge in [0.15, 0.2) is 0 Å². The van der Waals surface area contributed by atoms with Crippen LogP contribution in [0.1, 0.15) is 55.2 Å². The first-order valence-corrected chi connectivity index (χ1v) is 9.10. The van der Waals surface area contributed by atoms with Gasteiger partial charge in [-0.3, -0.25) is 4.79 Å². The van der Waals surface area contributed by atoms with Gasteiger partial charge in [0.25, 0.3) is 0 Å². The summed E-state index contributed by atoms with van der Waals surface area (Å²) in [6, 6.07) is -0.324. The first-order valence-electron chi connectivity index (χ1n) is 8.22. The molecule has 7 nitrogen and oxygen atoms in total. The summed E-state index contributed by atoms with van der Waals surface area (Å²) in [5.41, 5.74) is 0.820. The average molecular weight is 350 g/mol. The van der Waals surface area contributed by atoms with Gasteiger partial charge in [-0.05, 0) is 6.42 Å². The van der Waals surface area contributed by atoms with Crippen LogP contribution < -0.4 is 0 Å². The van der Waals surface area contributed by atoms with E-state index in [9.17, 15) is 4.79 Å². The fourth-order valence-corrected chi connectivity index (χ4v) is 3.32. The molecule has 1 saturated heterocycles. The van der Waals surface area contributed by atoms with Gasteiger partial charge < -0.3 is 14.1 Å². The van der Waals surface area contributed by atoms with Crippen molar-refractivity contribution in [2.24, 2.45) is 0 Å². The third-order valence-electron chi connectivity index (χ3n) is 3.92. The Labute approximate surface area is 145 Å². The second kappa shape index (κ2) is 7.40. The van der Waals surface area contributed by atoms with Crippen molar-refractivity contribution in [3.8, 4) is 0 Å². The molecular weight excluding hydrogens is 328 g/mol. The number of hydrogen-bond acceptors (Lipinski definition) is 7. The van der Waals surface area contributed by atoms with Gasteiger partial charge in [-0.1, -0.05) is 20.8 Å². The van der Waals surface area contributed by atoms with Gasteiger partial charge >= 0.3 is 0 Å². The van der Waals surface area contributed by atoms with E-state index in [4.69, 9.17) is 9.15 Å². The Hall–Kier alpha value is -1.80. The molecule has 1 amide bonds. The van der Waals surface area contributed by atoms with Crippen molar-refractivity contribution in [3.05, 3.63) is 27.9 Å². The number of ether oxygens (including phenoxy) is 1. The number of carbonyl (C=O) groups is 1. The predicted octanol–water partition coefficient (Wildman–Crippen LogP) is 2.35. The van der Waals surface area contributed by atoms with Gasteiger partial charge in [0.2, 0.25) is 17.7 Å². The Morgan fingerprint density at radius 1 is 1.46 bits per heavy atom. The van der Waals surface area contributed by atoms with Crippen molar-refractivity contribution < 1.29 is 13.9 Å². The minimum Gasteiger partial charge on any atom is -0.423 e. The van der Waals surface area contributed by atoms with Gasteiger partial charge in [-0.2, -0.15) is 0 Å². The molecule has 0 N–H and O–H groups in total. The van der Waals surface area contributed by atoms with E-state index in [0.29, 0.717) is 31.5 Å². The molecule has 1 atom stereocenters. The molecule has 24 heavy (non-hydrogen) atoms. The average Bonchev–Trinajstić information content (AvgIpc) is 3.24. The van der Waals surface area contributed by atoms with Crippen LogP contribution in [0.3, 0.4) is 0 Å². The van der Waals surface area contributed by atoms with E-state index in [1.165, 1.54) is 0 Å². The lowest BCUT2D eigenvalue weighted by Crippen LogP contribution is -2.44. The number of nitrogens with zero attached hydrogens (tertiary/aromatic N) is 4. The van der Waals surface area contributed by atoms with Crippen LogP contribution in [0.4, 0.5) is 0 Å². The van der Waals surface area contributed by atoms with Crippen molar-refractivity contribution in [1.29, 1.82) is 0 Å². The Morgan fingerprint density at radius 2 is 2.29 bits per heavy atom. The number of rotatable bonds is 5. The SMILES string of the molecule is CCc1nc(CC(=O)N2CCOCC2c2nnc(C(C)C)o2)cs1. The number of aryl methyl sites for hydroxylation is 1. The van der Waals surface area contributed by atoms with Crippen LogP contribution in [0.5, 0.6) is 0 Å². The highest BCUT2D eigenvalue weighted by Gasteiger charge is 2.33. The van der Waals surface area contributed by atoms with Gasteiger partial charge in [0, 0.05) is 17.8 Å². The zero-order valence-corrected chi connectivity index (χ0v) is 15.0. The molecule has 1 aliphatic heterocycles. The molecular formula is C16H22N4O3S. The van der Waals surface area contributed by atoms with Crippen molar-refractivity contribution in [1.82, 2.24) is 20.1 Å². The molecule has 1 unspecified atom stereocenters. The van der Waals surface area contributed by atoms with Gasteiger partial charge in [-0.15, -0.1) is 21.5 Å². The monoisotopic (exact) mass is 350 g/mol. The molecule has 8 heteroatoms. The molecule has 0 radical (unpaired) electrons. The summed E-state index contributed by atoms with van der Waals surface area (Å²) in [4.78, 5) is 19.0. The molecule has 3 heterocycles. The summed E-state index contributed by atoms with van der Waals surface area (Å²) in [5, 5.41) is 11.2. The van der Waals surface area contributed by atoms with Gasteiger partial charge in [0.1, 0.15) is 6.04 Å². The van der Waals surface area contributed by atoms with Gasteiger partial charge in [-0.25, -0.2) is 4.98 Å². The molecule has 0 spiro atoms. The minimum absolute atomic E-state index is 0.0144. The zero-order chi connectivity index (χ0) is 17.1. The third kappa shape index (κ3) is 3.64. The smallest absolute Gasteiger partial charge is 0.241 e. The second-order valence-corrected chi connectivity index (χ2v) is 7.02. The summed E-state index contributed by atoms with van der Waals surface area (Å²) in [6.45, 7) is 7.46. The molecule has 1 fully saturated rings.